The molecular formula is C19H29N3O4S. The molecule has 1 fully saturated rings. The third kappa shape index (κ3) is 6.05. The van der Waals surface area contributed by atoms with Gasteiger partial charge >= 0.3 is 0 Å². The number of allylic oxidation sites excluding steroid dienone is 5. The Labute approximate surface area is 161 Å². The summed E-state index contributed by atoms with van der Waals surface area (Å²) >= 11 is 0. The fourth-order valence-corrected chi connectivity index (χ4v) is 3.52. The van der Waals surface area contributed by atoms with E-state index in [0.717, 1.165) is 12.0 Å². The van der Waals surface area contributed by atoms with Gasteiger partial charge in [-0.05, 0) is 37.0 Å². The number of amides is 1. The molecule has 2 aliphatic heterocycles. The summed E-state index contributed by atoms with van der Waals surface area (Å²) in [7, 11) is -1.69. The number of fused-ring (bicyclic) bond motifs is 1. The fourth-order valence-electron chi connectivity index (χ4n) is 2.88. The minimum absolute atomic E-state index is 0.00202. The highest BCUT2D eigenvalue weighted by atomic mass is 32.2. The van der Waals surface area contributed by atoms with Gasteiger partial charge in [0.2, 0.25) is 15.9 Å². The van der Waals surface area contributed by atoms with E-state index in [2.05, 4.69) is 10.2 Å². The van der Waals surface area contributed by atoms with Crippen molar-refractivity contribution in [3.8, 4) is 0 Å². The summed E-state index contributed by atoms with van der Waals surface area (Å²) in [6.07, 6.45) is 11.7. The molecule has 2 unspecified atom stereocenters. The van der Waals surface area contributed by atoms with Crippen molar-refractivity contribution < 1.29 is 18.0 Å². The number of sulfonamides is 1. The average molecular weight is 396 g/mol. The maximum absolute atomic E-state index is 12.3. The van der Waals surface area contributed by atoms with E-state index in [-0.39, 0.29) is 17.6 Å². The summed E-state index contributed by atoms with van der Waals surface area (Å²) in [5.41, 5.74) is 4.24. The highest BCUT2D eigenvalue weighted by molar-refractivity contribution is 7.89. The second-order valence-corrected chi connectivity index (χ2v) is 9.02. The molecule has 2 N–H and O–H groups in total. The Bertz CT molecular complexity index is 766. The second-order valence-electron chi connectivity index (χ2n) is 7.01. The summed E-state index contributed by atoms with van der Waals surface area (Å²) in [6.45, 7) is 6.21. The van der Waals surface area contributed by atoms with Gasteiger partial charge in [0, 0.05) is 24.9 Å². The van der Waals surface area contributed by atoms with Crippen molar-refractivity contribution in [2.75, 3.05) is 19.4 Å². The largest absolute Gasteiger partial charge is 0.320 e. The molecule has 1 saturated heterocycles. The molecule has 8 heteroatoms. The molecular weight excluding hydrogens is 366 g/mol. The highest BCUT2D eigenvalue weighted by Crippen LogP contribution is 2.29. The van der Waals surface area contributed by atoms with Crippen LogP contribution in [0.15, 0.2) is 47.9 Å². The van der Waals surface area contributed by atoms with Gasteiger partial charge in [0.1, 0.15) is 6.04 Å². The van der Waals surface area contributed by atoms with Crippen LogP contribution in [0.4, 0.5) is 0 Å². The minimum Gasteiger partial charge on any atom is -0.320 e. The molecule has 7 nitrogen and oxygen atoms in total. The summed E-state index contributed by atoms with van der Waals surface area (Å²) in [6, 6.07) is -0.422. The maximum Gasteiger partial charge on any atom is 0.246 e. The van der Waals surface area contributed by atoms with E-state index in [9.17, 15) is 13.2 Å². The van der Waals surface area contributed by atoms with Crippen LogP contribution >= 0.6 is 0 Å². The number of hydrogen-bond donors (Lipinski definition) is 2. The molecule has 0 saturated carbocycles. The van der Waals surface area contributed by atoms with Gasteiger partial charge in [-0.25, -0.2) is 8.42 Å². The smallest absolute Gasteiger partial charge is 0.246 e. The molecule has 27 heavy (non-hydrogen) atoms. The van der Waals surface area contributed by atoms with E-state index in [1.165, 1.54) is 4.90 Å². The number of carbonyl (C=O) groups is 1. The highest BCUT2D eigenvalue weighted by Gasteiger charge is 2.38. The monoisotopic (exact) mass is 395 g/mol. The van der Waals surface area contributed by atoms with Gasteiger partial charge in [-0.2, -0.15) is 5.48 Å². The lowest BCUT2D eigenvalue weighted by atomic mass is 9.85. The summed E-state index contributed by atoms with van der Waals surface area (Å²) in [5.74, 6) is 0.315. The Morgan fingerprint density at radius 2 is 2.22 bits per heavy atom. The first-order valence-corrected chi connectivity index (χ1v) is 10.8. The molecule has 0 aromatic rings. The van der Waals surface area contributed by atoms with E-state index in [1.54, 1.807) is 32.3 Å². The lowest BCUT2D eigenvalue weighted by Crippen LogP contribution is -2.54. The Morgan fingerprint density at radius 3 is 2.89 bits per heavy atom. The van der Waals surface area contributed by atoms with Crippen LogP contribution in [0.25, 0.3) is 0 Å². The van der Waals surface area contributed by atoms with Crippen molar-refractivity contribution in [3.05, 3.63) is 47.9 Å². The van der Waals surface area contributed by atoms with Gasteiger partial charge in [-0.15, -0.1) is 0 Å². The number of nitrogens with one attached hydrogen (secondary N) is 2. The number of hydroxylamine groups is 1. The standard InChI is InChI=1S/C19H29N3O4S/c1-5-27(24,25)21-16(8-6-7-14(2)3)10-9-15-13-22(4)19(23)18-17(15)11-12-26-20-18/h6-10,13-14,17-18,20-21H,5,11-12H2,1-4H3/b7-6+,10-9+,16-8+. The van der Waals surface area contributed by atoms with Crippen LogP contribution in [-0.2, 0) is 19.7 Å². The number of rotatable bonds is 7. The molecule has 2 aliphatic rings. The van der Waals surface area contributed by atoms with Crippen LogP contribution < -0.4 is 10.2 Å². The van der Waals surface area contributed by atoms with Gasteiger partial charge in [0.05, 0.1) is 12.4 Å². The quantitative estimate of drug-likeness (QED) is 0.642. The topological polar surface area (TPSA) is 87.7 Å². The van der Waals surface area contributed by atoms with Crippen molar-refractivity contribution in [3.63, 3.8) is 0 Å². The van der Waals surface area contributed by atoms with Crippen LogP contribution in [0.1, 0.15) is 27.2 Å². The summed E-state index contributed by atoms with van der Waals surface area (Å²) in [5, 5.41) is 0. The van der Waals surface area contributed by atoms with Crippen LogP contribution in [-0.4, -0.2) is 44.7 Å². The van der Waals surface area contributed by atoms with Gasteiger partial charge in [-0.1, -0.05) is 32.1 Å². The zero-order chi connectivity index (χ0) is 20.0. The Balaban J connectivity index is 2.27. The molecule has 0 aromatic carbocycles. The molecule has 1 amide bonds. The van der Waals surface area contributed by atoms with Gasteiger partial charge in [-0.3, -0.25) is 9.52 Å². The first kappa shape index (κ1) is 21.4. The van der Waals surface area contributed by atoms with Gasteiger partial charge < -0.3 is 9.74 Å². The third-order valence-corrected chi connectivity index (χ3v) is 5.72. The Kier molecular flexibility index (Phi) is 7.41. The molecule has 2 atom stereocenters. The summed E-state index contributed by atoms with van der Waals surface area (Å²) < 4.78 is 26.5. The number of likely N-dealkylation sites (N-methyl/N-ethyl adjacent to an activating group) is 1. The predicted octanol–water partition coefficient (Wildman–Crippen LogP) is 1.84. The molecule has 2 heterocycles. The Morgan fingerprint density at radius 1 is 1.48 bits per heavy atom. The maximum atomic E-state index is 12.3. The average Bonchev–Trinajstić information content (AvgIpc) is 2.62. The van der Waals surface area contributed by atoms with Crippen molar-refractivity contribution >= 4 is 15.9 Å². The number of carbonyl (C=O) groups excluding carboxylic acids is 1. The predicted molar refractivity (Wildman–Crippen MR) is 106 cm³/mol. The van der Waals surface area contributed by atoms with Crippen LogP contribution in [0.3, 0.4) is 0 Å². The number of nitrogens with zero attached hydrogens (tertiary/aromatic N) is 1. The zero-order valence-electron chi connectivity index (χ0n) is 16.3. The number of hydrogen-bond acceptors (Lipinski definition) is 5. The van der Waals surface area contributed by atoms with Crippen molar-refractivity contribution in [2.45, 2.75) is 33.2 Å². The van der Waals surface area contributed by atoms with E-state index in [0.29, 0.717) is 18.2 Å². The zero-order valence-corrected chi connectivity index (χ0v) is 17.1. The normalized spacial score (nSPS) is 24.6. The minimum atomic E-state index is -3.38. The van der Waals surface area contributed by atoms with Crippen molar-refractivity contribution in [1.82, 2.24) is 15.1 Å². The van der Waals surface area contributed by atoms with E-state index < -0.39 is 16.1 Å². The fraction of sp³-hybridized carbons (Fsp3) is 0.526. The SMILES string of the molecule is CCS(=O)(=O)NC(/C=C/C1=CN(C)C(=O)C2NOCCC12)=C/C=C/C(C)C. The second kappa shape index (κ2) is 9.34. The van der Waals surface area contributed by atoms with Gasteiger partial charge in [0.25, 0.3) is 0 Å². The lowest BCUT2D eigenvalue weighted by molar-refractivity contribution is -0.141. The Hall–Kier alpha value is -1.90. The first-order chi connectivity index (χ1) is 12.7. The molecule has 0 aromatic heterocycles. The van der Waals surface area contributed by atoms with Crippen LogP contribution in [0, 0.1) is 11.8 Å². The first-order valence-electron chi connectivity index (χ1n) is 9.16. The molecule has 0 bridgehead atoms. The van der Waals surface area contributed by atoms with Crippen LogP contribution in [0.2, 0.25) is 0 Å². The van der Waals surface area contributed by atoms with Crippen LogP contribution in [0.5, 0.6) is 0 Å². The lowest BCUT2D eigenvalue weighted by Gasteiger charge is -2.37. The van der Waals surface area contributed by atoms with E-state index in [4.69, 9.17) is 4.84 Å². The van der Waals surface area contributed by atoms with Crippen molar-refractivity contribution in [2.24, 2.45) is 11.8 Å². The molecule has 150 valence electrons. The molecule has 0 spiro atoms. The molecule has 0 aliphatic carbocycles. The third-order valence-electron chi connectivity index (χ3n) is 4.41. The van der Waals surface area contributed by atoms with E-state index in [1.807, 2.05) is 32.1 Å². The van der Waals surface area contributed by atoms with E-state index >= 15 is 0 Å². The molecule has 0 radical (unpaired) electrons. The van der Waals surface area contributed by atoms with Crippen molar-refractivity contribution in [1.29, 1.82) is 0 Å². The summed E-state index contributed by atoms with van der Waals surface area (Å²) in [4.78, 5) is 19.0. The molecule has 2 rings (SSSR count). The van der Waals surface area contributed by atoms with Gasteiger partial charge in [0.15, 0.2) is 0 Å².